The van der Waals surface area contributed by atoms with Crippen molar-refractivity contribution < 1.29 is 9.66 Å². The van der Waals surface area contributed by atoms with Crippen LogP contribution in [-0.4, -0.2) is 17.0 Å². The Morgan fingerprint density at radius 1 is 1.30 bits per heavy atom. The first-order valence-corrected chi connectivity index (χ1v) is 6.15. The number of non-ortho nitro benzene ring substituents is 1. The molecule has 6 heteroatoms. The molecule has 0 spiro atoms. The van der Waals surface area contributed by atoms with Crippen LogP contribution in [0.1, 0.15) is 18.5 Å². The normalized spacial score (nSPS) is 11.9. The van der Waals surface area contributed by atoms with Crippen LogP contribution in [0.25, 0.3) is 0 Å². The molecule has 0 amide bonds. The van der Waals surface area contributed by atoms with E-state index in [1.54, 1.807) is 18.3 Å². The van der Waals surface area contributed by atoms with Crippen molar-refractivity contribution in [2.75, 3.05) is 7.05 Å². The first kappa shape index (κ1) is 14.0. The van der Waals surface area contributed by atoms with Crippen LogP contribution in [0, 0.1) is 10.1 Å². The summed E-state index contributed by atoms with van der Waals surface area (Å²) in [6.45, 7) is 2.03. The third-order valence-electron chi connectivity index (χ3n) is 2.96. The topological polar surface area (TPSA) is 77.3 Å². The maximum atomic E-state index is 10.6. The Labute approximate surface area is 116 Å². The number of hydrogen-bond donors (Lipinski definition) is 1. The Morgan fingerprint density at radius 2 is 2.00 bits per heavy atom. The van der Waals surface area contributed by atoms with E-state index in [0.717, 1.165) is 5.56 Å². The molecular formula is C14H15N3O3. The minimum atomic E-state index is -0.447. The zero-order valence-electron chi connectivity index (χ0n) is 11.2. The van der Waals surface area contributed by atoms with Gasteiger partial charge in [0.2, 0.25) is 5.88 Å². The zero-order chi connectivity index (χ0) is 14.5. The zero-order valence-corrected chi connectivity index (χ0v) is 11.2. The van der Waals surface area contributed by atoms with Crippen molar-refractivity contribution in [2.24, 2.45) is 0 Å². The van der Waals surface area contributed by atoms with Crippen LogP contribution in [-0.2, 0) is 0 Å². The molecule has 0 saturated heterocycles. The first-order valence-electron chi connectivity index (χ1n) is 6.15. The van der Waals surface area contributed by atoms with Gasteiger partial charge in [0.15, 0.2) is 0 Å². The van der Waals surface area contributed by atoms with E-state index in [9.17, 15) is 10.1 Å². The first-order chi connectivity index (χ1) is 9.60. The average molecular weight is 273 g/mol. The summed E-state index contributed by atoms with van der Waals surface area (Å²) in [5.74, 6) is 0.968. The number of nitrogens with one attached hydrogen (secondary N) is 1. The Balaban J connectivity index is 2.15. The second kappa shape index (κ2) is 6.12. The van der Waals surface area contributed by atoms with Crippen LogP contribution in [0.5, 0.6) is 11.6 Å². The maximum Gasteiger partial charge on any atom is 0.269 e. The van der Waals surface area contributed by atoms with Crippen molar-refractivity contribution in [1.82, 2.24) is 10.3 Å². The molecule has 0 aliphatic carbocycles. The number of nitro benzene ring substituents is 1. The van der Waals surface area contributed by atoms with Crippen molar-refractivity contribution in [3.63, 3.8) is 0 Å². The number of ether oxygens (including phenoxy) is 1. The smallest absolute Gasteiger partial charge is 0.269 e. The highest BCUT2D eigenvalue weighted by Gasteiger charge is 2.07. The molecular weight excluding hydrogens is 258 g/mol. The molecule has 20 heavy (non-hydrogen) atoms. The van der Waals surface area contributed by atoms with Crippen LogP contribution in [0.3, 0.4) is 0 Å². The second-order valence-electron chi connectivity index (χ2n) is 4.29. The van der Waals surface area contributed by atoms with Gasteiger partial charge in [0.25, 0.3) is 5.69 Å². The molecule has 1 atom stereocenters. The van der Waals surface area contributed by atoms with Crippen molar-refractivity contribution in [3.8, 4) is 11.6 Å². The molecule has 0 aliphatic rings. The van der Waals surface area contributed by atoms with Crippen LogP contribution in [0.2, 0.25) is 0 Å². The third-order valence-corrected chi connectivity index (χ3v) is 2.96. The molecule has 1 heterocycles. The molecule has 104 valence electrons. The van der Waals surface area contributed by atoms with Gasteiger partial charge in [0.05, 0.1) is 4.92 Å². The SMILES string of the molecule is CNC(C)c1ccnc(Oc2ccc([N+](=O)[O-])cc2)c1. The molecule has 6 nitrogen and oxygen atoms in total. The quantitative estimate of drug-likeness (QED) is 0.669. The summed E-state index contributed by atoms with van der Waals surface area (Å²) in [4.78, 5) is 14.2. The second-order valence-corrected chi connectivity index (χ2v) is 4.29. The molecule has 1 aromatic carbocycles. The molecule has 0 saturated carbocycles. The molecule has 2 rings (SSSR count). The molecule has 2 aromatic rings. The van der Waals surface area contributed by atoms with Crippen LogP contribution in [0.4, 0.5) is 5.69 Å². The summed E-state index contributed by atoms with van der Waals surface area (Å²) in [5.41, 5.74) is 1.09. The van der Waals surface area contributed by atoms with Crippen LogP contribution in [0.15, 0.2) is 42.6 Å². The van der Waals surface area contributed by atoms with E-state index in [1.807, 2.05) is 26.1 Å². The molecule has 1 unspecified atom stereocenters. The van der Waals surface area contributed by atoms with Gasteiger partial charge >= 0.3 is 0 Å². The molecule has 0 aliphatic heterocycles. The minimum Gasteiger partial charge on any atom is -0.439 e. The summed E-state index contributed by atoms with van der Waals surface area (Å²) in [5, 5.41) is 13.7. The Morgan fingerprint density at radius 3 is 2.60 bits per heavy atom. The lowest BCUT2D eigenvalue weighted by Crippen LogP contribution is -2.12. The number of aromatic nitrogens is 1. The van der Waals surface area contributed by atoms with E-state index in [-0.39, 0.29) is 11.7 Å². The Kier molecular flexibility index (Phi) is 4.27. The fourth-order valence-electron chi connectivity index (χ4n) is 1.67. The maximum absolute atomic E-state index is 10.6. The van der Waals surface area contributed by atoms with E-state index in [1.165, 1.54) is 12.1 Å². The molecule has 0 fully saturated rings. The monoisotopic (exact) mass is 273 g/mol. The lowest BCUT2D eigenvalue weighted by atomic mass is 10.1. The summed E-state index contributed by atoms with van der Waals surface area (Å²) in [6, 6.07) is 9.83. The van der Waals surface area contributed by atoms with E-state index >= 15 is 0 Å². The lowest BCUT2D eigenvalue weighted by molar-refractivity contribution is -0.384. The van der Waals surface area contributed by atoms with Crippen molar-refractivity contribution >= 4 is 5.69 Å². The van der Waals surface area contributed by atoms with Gasteiger partial charge in [-0.1, -0.05) is 0 Å². The minimum absolute atomic E-state index is 0.0304. The van der Waals surface area contributed by atoms with Crippen LogP contribution < -0.4 is 10.1 Å². The Bertz CT molecular complexity index is 599. The van der Waals surface area contributed by atoms with Crippen molar-refractivity contribution in [3.05, 3.63) is 58.3 Å². The summed E-state index contributed by atoms with van der Waals surface area (Å²) >= 11 is 0. The highest BCUT2D eigenvalue weighted by atomic mass is 16.6. The molecule has 0 bridgehead atoms. The van der Waals surface area contributed by atoms with Crippen LogP contribution >= 0.6 is 0 Å². The standard InChI is InChI=1S/C14H15N3O3/c1-10(15-2)11-7-8-16-14(9-11)20-13-5-3-12(4-6-13)17(18)19/h3-10,15H,1-2H3. The van der Waals surface area contributed by atoms with E-state index < -0.39 is 4.92 Å². The number of pyridine rings is 1. The number of benzene rings is 1. The van der Waals surface area contributed by atoms with Crippen molar-refractivity contribution in [1.29, 1.82) is 0 Å². The third kappa shape index (κ3) is 3.30. The van der Waals surface area contributed by atoms with Gasteiger partial charge in [0, 0.05) is 30.4 Å². The largest absolute Gasteiger partial charge is 0.439 e. The summed E-state index contributed by atoms with van der Waals surface area (Å²) in [6.07, 6.45) is 1.67. The fraction of sp³-hybridized carbons (Fsp3) is 0.214. The molecule has 1 N–H and O–H groups in total. The van der Waals surface area contributed by atoms with Gasteiger partial charge in [-0.15, -0.1) is 0 Å². The van der Waals surface area contributed by atoms with E-state index in [0.29, 0.717) is 11.6 Å². The number of hydrogen-bond acceptors (Lipinski definition) is 5. The highest BCUT2D eigenvalue weighted by Crippen LogP contribution is 2.24. The van der Waals surface area contributed by atoms with Gasteiger partial charge in [-0.25, -0.2) is 4.98 Å². The summed E-state index contributed by atoms with van der Waals surface area (Å²) in [7, 11) is 1.88. The van der Waals surface area contributed by atoms with Crippen molar-refractivity contribution in [2.45, 2.75) is 13.0 Å². The van der Waals surface area contributed by atoms with Gasteiger partial charge in [0.1, 0.15) is 5.75 Å². The fourth-order valence-corrected chi connectivity index (χ4v) is 1.67. The highest BCUT2D eigenvalue weighted by molar-refractivity contribution is 5.38. The average Bonchev–Trinajstić information content (AvgIpc) is 2.47. The number of nitro groups is 1. The summed E-state index contributed by atoms with van der Waals surface area (Å²) < 4.78 is 5.59. The number of rotatable bonds is 5. The molecule has 0 radical (unpaired) electrons. The van der Waals surface area contributed by atoms with Gasteiger partial charge in [-0.05, 0) is 37.7 Å². The van der Waals surface area contributed by atoms with Gasteiger partial charge in [-0.3, -0.25) is 10.1 Å². The van der Waals surface area contributed by atoms with E-state index in [4.69, 9.17) is 4.74 Å². The van der Waals surface area contributed by atoms with E-state index in [2.05, 4.69) is 10.3 Å². The molecule has 1 aromatic heterocycles. The van der Waals surface area contributed by atoms with Gasteiger partial charge < -0.3 is 10.1 Å². The van der Waals surface area contributed by atoms with Gasteiger partial charge in [-0.2, -0.15) is 0 Å². The Hall–Kier alpha value is -2.47. The lowest BCUT2D eigenvalue weighted by Gasteiger charge is -2.11. The predicted molar refractivity (Wildman–Crippen MR) is 74.9 cm³/mol. The predicted octanol–water partition coefficient (Wildman–Crippen LogP) is 3.06. The number of nitrogens with zero attached hydrogens (tertiary/aromatic N) is 2.